The maximum atomic E-state index is 13.0. The zero-order valence-corrected chi connectivity index (χ0v) is 13.6. The summed E-state index contributed by atoms with van der Waals surface area (Å²) in [6.07, 6.45) is 3.71. The average molecular weight is 296 g/mol. The second-order valence-corrected chi connectivity index (χ2v) is 6.64. The minimum atomic E-state index is -0.700. The Bertz CT molecular complexity index is 408. The number of carbonyl (C=O) groups is 2. The third-order valence-corrected chi connectivity index (χ3v) is 5.02. The Balaban J connectivity index is 2.20. The van der Waals surface area contributed by atoms with E-state index in [0.717, 1.165) is 25.7 Å². The molecule has 3 atom stereocenters. The van der Waals surface area contributed by atoms with Gasteiger partial charge in [-0.2, -0.15) is 0 Å². The summed E-state index contributed by atoms with van der Waals surface area (Å²) in [7, 11) is 1.66. The molecule has 3 unspecified atom stereocenters. The molecular formula is C16H28N2O3. The molecule has 0 aromatic rings. The Morgan fingerprint density at radius 1 is 1.43 bits per heavy atom. The van der Waals surface area contributed by atoms with Crippen LogP contribution in [-0.4, -0.2) is 48.6 Å². The van der Waals surface area contributed by atoms with Crippen LogP contribution in [0.5, 0.6) is 0 Å². The second-order valence-electron chi connectivity index (χ2n) is 6.64. The van der Waals surface area contributed by atoms with Gasteiger partial charge >= 0.3 is 0 Å². The average Bonchev–Trinajstić information content (AvgIpc) is 3.28. The highest BCUT2D eigenvalue weighted by Gasteiger charge is 2.55. The molecule has 1 saturated heterocycles. The summed E-state index contributed by atoms with van der Waals surface area (Å²) < 4.78 is 5.09. The van der Waals surface area contributed by atoms with E-state index in [0.29, 0.717) is 19.1 Å². The van der Waals surface area contributed by atoms with Crippen LogP contribution < -0.4 is 5.32 Å². The van der Waals surface area contributed by atoms with Gasteiger partial charge in [-0.05, 0) is 38.0 Å². The van der Waals surface area contributed by atoms with Crippen molar-refractivity contribution < 1.29 is 14.3 Å². The molecule has 0 aromatic carbocycles. The van der Waals surface area contributed by atoms with E-state index in [2.05, 4.69) is 12.2 Å². The molecule has 1 N–H and O–H groups in total. The number of carbonyl (C=O) groups excluding carboxylic acids is 2. The Morgan fingerprint density at radius 3 is 2.62 bits per heavy atom. The van der Waals surface area contributed by atoms with Gasteiger partial charge < -0.3 is 15.0 Å². The van der Waals surface area contributed by atoms with Gasteiger partial charge in [-0.1, -0.05) is 20.3 Å². The lowest BCUT2D eigenvalue weighted by atomic mass is 9.85. The van der Waals surface area contributed by atoms with Gasteiger partial charge in [0.15, 0.2) is 0 Å². The van der Waals surface area contributed by atoms with Crippen LogP contribution >= 0.6 is 0 Å². The summed E-state index contributed by atoms with van der Waals surface area (Å²) in [4.78, 5) is 27.4. The van der Waals surface area contributed by atoms with Crippen molar-refractivity contribution >= 4 is 11.8 Å². The minimum Gasteiger partial charge on any atom is -0.385 e. The second kappa shape index (κ2) is 6.34. The van der Waals surface area contributed by atoms with Gasteiger partial charge in [0, 0.05) is 20.3 Å². The van der Waals surface area contributed by atoms with Crippen LogP contribution in [0.15, 0.2) is 0 Å². The topological polar surface area (TPSA) is 58.6 Å². The first kappa shape index (κ1) is 16.3. The van der Waals surface area contributed by atoms with E-state index < -0.39 is 5.54 Å². The number of nitrogens with zero attached hydrogens (tertiary/aromatic N) is 1. The molecule has 2 amide bonds. The van der Waals surface area contributed by atoms with Gasteiger partial charge in [-0.3, -0.25) is 9.59 Å². The van der Waals surface area contributed by atoms with Gasteiger partial charge in [0.25, 0.3) is 0 Å². The highest BCUT2D eigenvalue weighted by Crippen LogP contribution is 2.42. The minimum absolute atomic E-state index is 0.00997. The van der Waals surface area contributed by atoms with E-state index in [4.69, 9.17) is 4.74 Å². The maximum absolute atomic E-state index is 13.0. The monoisotopic (exact) mass is 296 g/mol. The van der Waals surface area contributed by atoms with Crippen LogP contribution in [0.1, 0.15) is 46.5 Å². The number of rotatable bonds is 7. The molecule has 0 radical (unpaired) electrons. The van der Waals surface area contributed by atoms with E-state index in [-0.39, 0.29) is 23.8 Å². The van der Waals surface area contributed by atoms with Crippen molar-refractivity contribution in [3.05, 3.63) is 0 Å². The predicted molar refractivity (Wildman–Crippen MR) is 80.7 cm³/mol. The lowest BCUT2D eigenvalue weighted by molar-refractivity contribution is -0.157. The van der Waals surface area contributed by atoms with Gasteiger partial charge in [0.05, 0.1) is 0 Å². The number of ether oxygens (including phenoxy) is 1. The Labute approximate surface area is 127 Å². The van der Waals surface area contributed by atoms with Crippen LogP contribution in [0.25, 0.3) is 0 Å². The van der Waals surface area contributed by atoms with Gasteiger partial charge in [0.2, 0.25) is 11.8 Å². The first-order valence-corrected chi connectivity index (χ1v) is 8.07. The number of nitrogens with one attached hydrogen (secondary N) is 1. The Kier molecular flexibility index (Phi) is 4.91. The van der Waals surface area contributed by atoms with Crippen molar-refractivity contribution in [2.24, 2.45) is 11.8 Å². The van der Waals surface area contributed by atoms with E-state index in [9.17, 15) is 9.59 Å². The molecule has 0 aromatic heterocycles. The molecule has 5 heteroatoms. The SMILES string of the molecule is CCC(C)C1C(=O)NC(C)(C2CC2)C(=O)N1CCCOC. The highest BCUT2D eigenvalue weighted by molar-refractivity contribution is 6.00. The Hall–Kier alpha value is -1.10. The fourth-order valence-electron chi connectivity index (χ4n) is 3.30. The molecule has 2 rings (SSSR count). The van der Waals surface area contributed by atoms with E-state index in [1.165, 1.54) is 0 Å². The van der Waals surface area contributed by atoms with Crippen molar-refractivity contribution in [1.82, 2.24) is 10.2 Å². The molecule has 1 saturated carbocycles. The molecule has 0 spiro atoms. The summed E-state index contributed by atoms with van der Waals surface area (Å²) in [5.41, 5.74) is -0.700. The Morgan fingerprint density at radius 2 is 2.10 bits per heavy atom. The van der Waals surface area contributed by atoms with Crippen LogP contribution in [0.2, 0.25) is 0 Å². The molecular weight excluding hydrogens is 268 g/mol. The summed E-state index contributed by atoms with van der Waals surface area (Å²) in [6.45, 7) is 7.20. The molecule has 5 nitrogen and oxygen atoms in total. The molecule has 2 aliphatic rings. The van der Waals surface area contributed by atoms with Gasteiger partial charge in [-0.15, -0.1) is 0 Å². The van der Waals surface area contributed by atoms with Gasteiger partial charge in [0.1, 0.15) is 11.6 Å². The number of amides is 2. The van der Waals surface area contributed by atoms with Crippen LogP contribution in [0.4, 0.5) is 0 Å². The first-order chi connectivity index (χ1) is 9.95. The summed E-state index contributed by atoms with van der Waals surface area (Å²) in [5, 5.41) is 3.03. The molecule has 1 aliphatic carbocycles. The first-order valence-electron chi connectivity index (χ1n) is 8.07. The molecule has 1 heterocycles. The largest absolute Gasteiger partial charge is 0.385 e. The third-order valence-electron chi connectivity index (χ3n) is 5.02. The normalized spacial score (nSPS) is 31.2. The van der Waals surface area contributed by atoms with Crippen molar-refractivity contribution in [2.75, 3.05) is 20.3 Å². The molecule has 2 fully saturated rings. The van der Waals surface area contributed by atoms with Crippen molar-refractivity contribution in [3.63, 3.8) is 0 Å². The number of hydrogen-bond acceptors (Lipinski definition) is 3. The highest BCUT2D eigenvalue weighted by atomic mass is 16.5. The predicted octanol–water partition coefficient (Wildman–Crippen LogP) is 1.56. The molecule has 21 heavy (non-hydrogen) atoms. The molecule has 120 valence electrons. The van der Waals surface area contributed by atoms with E-state index >= 15 is 0 Å². The number of piperazine rings is 1. The van der Waals surface area contributed by atoms with Crippen LogP contribution in [0, 0.1) is 11.8 Å². The van der Waals surface area contributed by atoms with Crippen LogP contribution in [-0.2, 0) is 14.3 Å². The fraction of sp³-hybridized carbons (Fsp3) is 0.875. The maximum Gasteiger partial charge on any atom is 0.249 e. The summed E-state index contributed by atoms with van der Waals surface area (Å²) in [5.74, 6) is 0.568. The summed E-state index contributed by atoms with van der Waals surface area (Å²) >= 11 is 0. The smallest absolute Gasteiger partial charge is 0.249 e. The lowest BCUT2D eigenvalue weighted by Gasteiger charge is -2.46. The van der Waals surface area contributed by atoms with Crippen molar-refractivity contribution in [2.45, 2.75) is 58.0 Å². The van der Waals surface area contributed by atoms with E-state index in [1.807, 2.05) is 18.7 Å². The summed E-state index contributed by atoms with van der Waals surface area (Å²) in [6, 6.07) is -0.341. The van der Waals surface area contributed by atoms with Crippen LogP contribution in [0.3, 0.4) is 0 Å². The van der Waals surface area contributed by atoms with Crippen molar-refractivity contribution in [3.8, 4) is 0 Å². The zero-order valence-electron chi connectivity index (χ0n) is 13.6. The van der Waals surface area contributed by atoms with Gasteiger partial charge in [-0.25, -0.2) is 0 Å². The zero-order chi connectivity index (χ0) is 15.6. The standard InChI is InChI=1S/C16H28N2O3/c1-5-11(2)13-14(19)17-16(3,12-7-8-12)15(20)18(13)9-6-10-21-4/h11-13H,5-10H2,1-4H3,(H,17,19). The number of methoxy groups -OCH3 is 1. The van der Waals surface area contributed by atoms with Crippen molar-refractivity contribution in [1.29, 1.82) is 0 Å². The van der Waals surface area contributed by atoms with E-state index in [1.54, 1.807) is 7.11 Å². The quantitative estimate of drug-likeness (QED) is 0.725. The molecule has 1 aliphatic heterocycles. The lowest BCUT2D eigenvalue weighted by Crippen LogP contribution is -2.71. The third kappa shape index (κ3) is 3.07. The number of hydrogen-bond donors (Lipinski definition) is 1. The fourth-order valence-corrected chi connectivity index (χ4v) is 3.30. The molecule has 0 bridgehead atoms.